The molecular weight excluding hydrogens is 212 g/mol. The first kappa shape index (κ1) is 16.4. The summed E-state index contributed by atoms with van der Waals surface area (Å²) in [6, 6.07) is 0.397. The van der Waals surface area contributed by atoms with Crippen LogP contribution in [0.5, 0.6) is 0 Å². The van der Waals surface area contributed by atoms with E-state index < -0.39 is 0 Å². The molecule has 102 valence electrons. The lowest BCUT2D eigenvalue weighted by atomic mass is 10.1. The summed E-state index contributed by atoms with van der Waals surface area (Å²) in [4.78, 5) is 14.2. The lowest BCUT2D eigenvalue weighted by Gasteiger charge is -2.32. The lowest BCUT2D eigenvalue weighted by molar-refractivity contribution is -0.133. The predicted octanol–water partition coefficient (Wildman–Crippen LogP) is 2.66. The van der Waals surface area contributed by atoms with Crippen LogP contribution >= 0.6 is 0 Å². The van der Waals surface area contributed by atoms with Crippen LogP contribution in [0.3, 0.4) is 0 Å². The molecule has 0 saturated carbocycles. The van der Waals surface area contributed by atoms with Gasteiger partial charge >= 0.3 is 0 Å². The Morgan fingerprint density at radius 1 is 1.18 bits per heavy atom. The Morgan fingerprint density at radius 3 is 2.18 bits per heavy atom. The minimum Gasteiger partial charge on any atom is -0.338 e. The molecule has 0 aromatic rings. The van der Waals surface area contributed by atoms with Crippen molar-refractivity contribution in [3.8, 4) is 0 Å². The number of carbonyl (C=O) groups excluding carboxylic acids is 1. The van der Waals surface area contributed by atoms with Crippen molar-refractivity contribution in [1.82, 2.24) is 10.2 Å². The lowest BCUT2D eigenvalue weighted by Crippen LogP contribution is -2.46. The van der Waals surface area contributed by atoms with Gasteiger partial charge in [0.1, 0.15) is 0 Å². The number of rotatable bonds is 9. The van der Waals surface area contributed by atoms with Crippen LogP contribution in [0.1, 0.15) is 53.9 Å². The van der Waals surface area contributed by atoms with Crippen LogP contribution in [0, 0.1) is 5.92 Å². The zero-order chi connectivity index (χ0) is 13.3. The summed E-state index contributed by atoms with van der Waals surface area (Å²) < 4.78 is 0. The molecule has 0 aliphatic carbocycles. The molecule has 0 spiro atoms. The van der Waals surface area contributed by atoms with Gasteiger partial charge in [0.15, 0.2) is 0 Å². The fourth-order valence-electron chi connectivity index (χ4n) is 2.05. The van der Waals surface area contributed by atoms with E-state index in [1.165, 1.54) is 0 Å². The molecule has 1 N–H and O–H groups in total. The zero-order valence-electron chi connectivity index (χ0n) is 12.3. The highest BCUT2D eigenvalue weighted by molar-refractivity contribution is 5.78. The van der Waals surface area contributed by atoms with Crippen LogP contribution in [0.25, 0.3) is 0 Å². The number of nitrogens with one attached hydrogen (secondary N) is 1. The van der Waals surface area contributed by atoms with Crippen molar-refractivity contribution >= 4 is 5.91 Å². The van der Waals surface area contributed by atoms with Gasteiger partial charge in [0.25, 0.3) is 0 Å². The summed E-state index contributed by atoms with van der Waals surface area (Å²) in [5.41, 5.74) is 0. The Balaban J connectivity index is 4.38. The molecular formula is C14H30N2O. The molecule has 0 aliphatic heterocycles. The van der Waals surface area contributed by atoms with E-state index in [-0.39, 0.29) is 5.91 Å². The Bertz CT molecular complexity index is 200. The third-order valence-corrected chi connectivity index (χ3v) is 2.97. The first-order chi connectivity index (χ1) is 8.06. The molecule has 0 unspecified atom stereocenters. The fraction of sp³-hybridized carbons (Fsp3) is 0.929. The second kappa shape index (κ2) is 9.46. The molecule has 0 saturated heterocycles. The molecule has 0 rings (SSSR count). The summed E-state index contributed by atoms with van der Waals surface area (Å²) in [6.45, 7) is 13.1. The average Bonchev–Trinajstić information content (AvgIpc) is 2.29. The van der Waals surface area contributed by atoms with Gasteiger partial charge < -0.3 is 10.2 Å². The zero-order valence-corrected chi connectivity index (χ0v) is 12.3. The fourth-order valence-corrected chi connectivity index (χ4v) is 2.05. The molecule has 0 atom stereocenters. The maximum atomic E-state index is 12.2. The molecule has 1 amide bonds. The van der Waals surface area contributed by atoms with E-state index in [4.69, 9.17) is 0 Å². The molecule has 0 bridgehead atoms. The van der Waals surface area contributed by atoms with Crippen molar-refractivity contribution in [3.05, 3.63) is 0 Å². The van der Waals surface area contributed by atoms with Crippen LogP contribution in [0.15, 0.2) is 0 Å². The van der Waals surface area contributed by atoms with Crippen molar-refractivity contribution in [2.45, 2.75) is 59.9 Å². The highest BCUT2D eigenvalue weighted by Gasteiger charge is 2.21. The molecule has 0 fully saturated rings. The number of hydrogen-bond acceptors (Lipinski definition) is 2. The van der Waals surface area contributed by atoms with Gasteiger partial charge in [-0.25, -0.2) is 0 Å². The van der Waals surface area contributed by atoms with Crippen LogP contribution < -0.4 is 5.32 Å². The van der Waals surface area contributed by atoms with Crippen molar-refractivity contribution in [2.24, 2.45) is 5.92 Å². The Kier molecular flexibility index (Phi) is 9.14. The molecule has 17 heavy (non-hydrogen) atoms. The highest BCUT2D eigenvalue weighted by atomic mass is 16.2. The number of amides is 1. The second-order valence-electron chi connectivity index (χ2n) is 5.09. The molecule has 0 aliphatic rings. The first-order valence-electron chi connectivity index (χ1n) is 7.06. The van der Waals surface area contributed by atoms with Crippen molar-refractivity contribution in [2.75, 3.05) is 19.6 Å². The van der Waals surface area contributed by atoms with Crippen molar-refractivity contribution in [3.63, 3.8) is 0 Å². The van der Waals surface area contributed by atoms with E-state index in [0.717, 1.165) is 32.4 Å². The van der Waals surface area contributed by atoms with E-state index in [2.05, 4.69) is 44.8 Å². The third kappa shape index (κ3) is 6.67. The standard InChI is InChI=1S/C14H30N2O/c1-6-9-15-10-14(17)16(11-12(4)5)13(7-2)8-3/h12-13,15H,6-11H2,1-5H3. The highest BCUT2D eigenvalue weighted by Crippen LogP contribution is 2.11. The average molecular weight is 242 g/mol. The summed E-state index contributed by atoms with van der Waals surface area (Å²) in [5.74, 6) is 0.784. The Hall–Kier alpha value is -0.570. The van der Waals surface area contributed by atoms with Gasteiger partial charge in [0.2, 0.25) is 5.91 Å². The minimum atomic E-state index is 0.251. The first-order valence-corrected chi connectivity index (χ1v) is 7.06. The topological polar surface area (TPSA) is 32.3 Å². The van der Waals surface area contributed by atoms with E-state index in [9.17, 15) is 4.79 Å². The summed E-state index contributed by atoms with van der Waals surface area (Å²) in [6.07, 6.45) is 3.16. The molecule has 3 heteroatoms. The maximum absolute atomic E-state index is 12.2. The van der Waals surface area contributed by atoms with E-state index in [0.29, 0.717) is 18.5 Å². The SMILES string of the molecule is CCCNCC(=O)N(CC(C)C)C(CC)CC. The molecule has 0 aromatic carbocycles. The normalized spacial score (nSPS) is 11.2. The molecule has 3 nitrogen and oxygen atoms in total. The van der Waals surface area contributed by atoms with Crippen molar-refractivity contribution < 1.29 is 4.79 Å². The Morgan fingerprint density at radius 2 is 1.76 bits per heavy atom. The molecule has 0 heterocycles. The van der Waals surface area contributed by atoms with Crippen LogP contribution in [-0.4, -0.2) is 36.5 Å². The summed E-state index contributed by atoms with van der Waals surface area (Å²) in [5, 5.41) is 3.20. The van der Waals surface area contributed by atoms with Gasteiger partial charge in [-0.1, -0.05) is 34.6 Å². The number of carbonyl (C=O) groups is 1. The van der Waals surface area contributed by atoms with Gasteiger partial charge in [0.05, 0.1) is 6.54 Å². The molecule has 0 aromatic heterocycles. The van der Waals surface area contributed by atoms with Crippen molar-refractivity contribution in [1.29, 1.82) is 0 Å². The number of hydrogen-bond donors (Lipinski definition) is 1. The van der Waals surface area contributed by atoms with Crippen LogP contribution in [-0.2, 0) is 4.79 Å². The summed E-state index contributed by atoms with van der Waals surface area (Å²) >= 11 is 0. The van der Waals surface area contributed by atoms with Crippen LogP contribution in [0.2, 0.25) is 0 Å². The van der Waals surface area contributed by atoms with Gasteiger partial charge in [-0.3, -0.25) is 4.79 Å². The van der Waals surface area contributed by atoms with E-state index in [1.54, 1.807) is 0 Å². The quantitative estimate of drug-likeness (QED) is 0.630. The van der Waals surface area contributed by atoms with Gasteiger partial charge in [0, 0.05) is 12.6 Å². The van der Waals surface area contributed by atoms with Crippen LogP contribution in [0.4, 0.5) is 0 Å². The predicted molar refractivity (Wildman–Crippen MR) is 74.1 cm³/mol. The third-order valence-electron chi connectivity index (χ3n) is 2.97. The number of nitrogens with zero attached hydrogens (tertiary/aromatic N) is 1. The molecule has 0 radical (unpaired) electrons. The van der Waals surface area contributed by atoms with E-state index >= 15 is 0 Å². The smallest absolute Gasteiger partial charge is 0.236 e. The minimum absolute atomic E-state index is 0.251. The maximum Gasteiger partial charge on any atom is 0.236 e. The van der Waals surface area contributed by atoms with Gasteiger partial charge in [-0.15, -0.1) is 0 Å². The second-order valence-corrected chi connectivity index (χ2v) is 5.09. The monoisotopic (exact) mass is 242 g/mol. The van der Waals surface area contributed by atoms with Gasteiger partial charge in [-0.2, -0.15) is 0 Å². The largest absolute Gasteiger partial charge is 0.338 e. The van der Waals surface area contributed by atoms with Gasteiger partial charge in [-0.05, 0) is 31.7 Å². The summed E-state index contributed by atoms with van der Waals surface area (Å²) in [7, 11) is 0. The Labute approximate surface area is 107 Å². The van der Waals surface area contributed by atoms with E-state index in [1.807, 2.05) is 0 Å².